The summed E-state index contributed by atoms with van der Waals surface area (Å²) < 4.78 is 4.63. The Labute approximate surface area is 100 Å². The number of hydrogen-bond donors (Lipinski definition) is 1. The van der Waals surface area contributed by atoms with E-state index in [1.807, 2.05) is 0 Å². The van der Waals surface area contributed by atoms with Crippen LogP contribution in [0.3, 0.4) is 0 Å². The van der Waals surface area contributed by atoms with E-state index in [2.05, 4.69) is 4.74 Å². The largest absolute Gasteiger partial charge is 0.481 e. The third-order valence-corrected chi connectivity index (χ3v) is 2.89. The zero-order valence-electron chi connectivity index (χ0n) is 10.4. The molecular formula is C13H16O4. The second-order valence-corrected chi connectivity index (χ2v) is 4.45. The molecule has 0 amide bonds. The first-order valence-corrected chi connectivity index (χ1v) is 5.23. The first-order chi connectivity index (χ1) is 7.80. The number of esters is 1. The zero-order valence-corrected chi connectivity index (χ0v) is 10.4. The van der Waals surface area contributed by atoms with Gasteiger partial charge in [0.05, 0.1) is 18.1 Å². The summed E-state index contributed by atoms with van der Waals surface area (Å²) in [4.78, 5) is 22.5. The first kappa shape index (κ1) is 13.2. The molecule has 17 heavy (non-hydrogen) atoms. The summed E-state index contributed by atoms with van der Waals surface area (Å²) in [7, 11) is 1.32. The van der Waals surface area contributed by atoms with Crippen molar-refractivity contribution in [2.75, 3.05) is 7.11 Å². The number of aryl methyl sites for hydroxylation is 1. The highest BCUT2D eigenvalue weighted by atomic mass is 16.5. The molecule has 0 bridgehead atoms. The maximum Gasteiger partial charge on any atom is 0.338 e. The predicted octanol–water partition coefficient (Wildman–Crippen LogP) is 2.14. The minimum Gasteiger partial charge on any atom is -0.481 e. The molecule has 0 atom stereocenters. The van der Waals surface area contributed by atoms with Crippen molar-refractivity contribution in [1.82, 2.24) is 0 Å². The van der Waals surface area contributed by atoms with Gasteiger partial charge < -0.3 is 9.84 Å². The molecule has 0 unspecified atom stereocenters. The summed E-state index contributed by atoms with van der Waals surface area (Å²) in [6.07, 6.45) is 0. The molecular weight excluding hydrogens is 220 g/mol. The molecule has 1 N–H and O–H groups in total. The number of rotatable bonds is 3. The molecule has 4 heteroatoms. The van der Waals surface area contributed by atoms with Gasteiger partial charge >= 0.3 is 11.9 Å². The van der Waals surface area contributed by atoms with Crippen molar-refractivity contribution in [3.8, 4) is 0 Å². The van der Waals surface area contributed by atoms with Gasteiger partial charge in [-0.1, -0.05) is 12.1 Å². The molecule has 0 saturated heterocycles. The van der Waals surface area contributed by atoms with Crippen LogP contribution in [0.2, 0.25) is 0 Å². The average Bonchev–Trinajstić information content (AvgIpc) is 2.27. The van der Waals surface area contributed by atoms with E-state index in [1.54, 1.807) is 39.0 Å². The number of hydrogen-bond acceptors (Lipinski definition) is 3. The van der Waals surface area contributed by atoms with Crippen LogP contribution in [0.1, 0.15) is 35.3 Å². The highest BCUT2D eigenvalue weighted by molar-refractivity contribution is 5.91. The van der Waals surface area contributed by atoms with E-state index in [-0.39, 0.29) is 0 Å². The molecule has 0 aliphatic rings. The van der Waals surface area contributed by atoms with Crippen LogP contribution in [-0.4, -0.2) is 24.2 Å². The number of ether oxygens (including phenoxy) is 1. The van der Waals surface area contributed by atoms with E-state index in [9.17, 15) is 9.59 Å². The van der Waals surface area contributed by atoms with Crippen molar-refractivity contribution >= 4 is 11.9 Å². The Balaban J connectivity index is 3.22. The van der Waals surface area contributed by atoms with E-state index in [4.69, 9.17) is 5.11 Å². The summed E-state index contributed by atoms with van der Waals surface area (Å²) in [6, 6.07) is 4.95. The van der Waals surface area contributed by atoms with E-state index < -0.39 is 17.4 Å². The number of carbonyl (C=O) groups is 2. The van der Waals surface area contributed by atoms with Crippen LogP contribution >= 0.6 is 0 Å². The third kappa shape index (κ3) is 2.46. The van der Waals surface area contributed by atoms with Crippen LogP contribution in [0, 0.1) is 6.92 Å². The van der Waals surface area contributed by atoms with Crippen molar-refractivity contribution in [3.63, 3.8) is 0 Å². The lowest BCUT2D eigenvalue weighted by Gasteiger charge is -2.20. The number of carboxylic acid groups (broad SMARTS) is 1. The molecule has 1 aromatic rings. The molecule has 4 nitrogen and oxygen atoms in total. The summed E-state index contributed by atoms with van der Waals surface area (Å²) in [5.41, 5.74) is 0.857. The van der Waals surface area contributed by atoms with Gasteiger partial charge in [-0.15, -0.1) is 0 Å². The maximum absolute atomic E-state index is 11.4. The summed E-state index contributed by atoms with van der Waals surface area (Å²) >= 11 is 0. The van der Waals surface area contributed by atoms with Crippen molar-refractivity contribution in [2.45, 2.75) is 26.2 Å². The summed E-state index contributed by atoms with van der Waals surface area (Å²) in [6.45, 7) is 5.01. The number of aliphatic carboxylic acids is 1. The minimum atomic E-state index is -0.973. The zero-order chi connectivity index (χ0) is 13.2. The molecule has 0 heterocycles. The fraction of sp³-hybridized carbons (Fsp3) is 0.385. The van der Waals surface area contributed by atoms with E-state index in [1.165, 1.54) is 7.11 Å². The van der Waals surface area contributed by atoms with Gasteiger partial charge in [0.1, 0.15) is 0 Å². The van der Waals surface area contributed by atoms with Gasteiger partial charge in [-0.3, -0.25) is 4.79 Å². The van der Waals surface area contributed by atoms with Crippen LogP contribution in [0.4, 0.5) is 0 Å². The Bertz CT molecular complexity index is 460. The second kappa shape index (κ2) is 4.57. The van der Waals surface area contributed by atoms with Crippen LogP contribution < -0.4 is 0 Å². The Morgan fingerprint density at radius 3 is 2.29 bits per heavy atom. The van der Waals surface area contributed by atoms with E-state index in [0.29, 0.717) is 16.7 Å². The van der Waals surface area contributed by atoms with Gasteiger partial charge in [0.2, 0.25) is 0 Å². The van der Waals surface area contributed by atoms with Crippen molar-refractivity contribution in [1.29, 1.82) is 0 Å². The number of methoxy groups -OCH3 is 1. The normalized spacial score (nSPS) is 11.1. The fourth-order valence-corrected chi connectivity index (χ4v) is 1.51. The van der Waals surface area contributed by atoms with Crippen LogP contribution in [-0.2, 0) is 14.9 Å². The Morgan fingerprint density at radius 1 is 1.29 bits per heavy atom. The fourth-order valence-electron chi connectivity index (χ4n) is 1.51. The molecule has 1 aromatic carbocycles. The average molecular weight is 236 g/mol. The molecule has 1 rings (SSSR count). The van der Waals surface area contributed by atoms with Gasteiger partial charge in [0.25, 0.3) is 0 Å². The number of benzene rings is 1. The SMILES string of the molecule is COC(=O)c1ccc(C(C)(C)C(=O)O)cc1C. The summed E-state index contributed by atoms with van der Waals surface area (Å²) in [5.74, 6) is -1.31. The van der Waals surface area contributed by atoms with Gasteiger partial charge in [0, 0.05) is 0 Å². The molecule has 0 aliphatic heterocycles. The topological polar surface area (TPSA) is 63.6 Å². The monoisotopic (exact) mass is 236 g/mol. The standard InChI is InChI=1S/C13H16O4/c1-8-7-9(13(2,3)12(15)16)5-6-10(8)11(14)17-4/h5-7H,1-4H3,(H,15,16). The Hall–Kier alpha value is -1.84. The van der Waals surface area contributed by atoms with Gasteiger partial charge in [-0.25, -0.2) is 4.79 Å². The quantitative estimate of drug-likeness (QED) is 0.817. The lowest BCUT2D eigenvalue weighted by atomic mass is 9.83. The predicted molar refractivity (Wildman–Crippen MR) is 63.2 cm³/mol. The minimum absolute atomic E-state index is 0.415. The highest BCUT2D eigenvalue weighted by Gasteiger charge is 2.29. The van der Waals surface area contributed by atoms with Crippen LogP contribution in [0.25, 0.3) is 0 Å². The molecule has 0 saturated carbocycles. The van der Waals surface area contributed by atoms with E-state index in [0.717, 1.165) is 0 Å². The first-order valence-electron chi connectivity index (χ1n) is 5.23. The lowest BCUT2D eigenvalue weighted by molar-refractivity contribution is -0.142. The van der Waals surface area contributed by atoms with Gasteiger partial charge in [0.15, 0.2) is 0 Å². The molecule has 92 valence electrons. The van der Waals surface area contributed by atoms with Crippen molar-refractivity contribution < 1.29 is 19.4 Å². The third-order valence-electron chi connectivity index (χ3n) is 2.89. The smallest absolute Gasteiger partial charge is 0.338 e. The van der Waals surface area contributed by atoms with Gasteiger partial charge in [-0.2, -0.15) is 0 Å². The van der Waals surface area contributed by atoms with Crippen molar-refractivity contribution in [3.05, 3.63) is 34.9 Å². The van der Waals surface area contributed by atoms with Crippen LogP contribution in [0.15, 0.2) is 18.2 Å². The summed E-state index contributed by atoms with van der Waals surface area (Å²) in [5, 5.41) is 9.12. The van der Waals surface area contributed by atoms with E-state index >= 15 is 0 Å². The molecule has 0 aromatic heterocycles. The maximum atomic E-state index is 11.4. The van der Waals surface area contributed by atoms with Crippen LogP contribution in [0.5, 0.6) is 0 Å². The Morgan fingerprint density at radius 2 is 1.88 bits per heavy atom. The van der Waals surface area contributed by atoms with Crippen molar-refractivity contribution in [2.24, 2.45) is 0 Å². The number of carboxylic acids is 1. The molecule has 0 spiro atoms. The lowest BCUT2D eigenvalue weighted by Crippen LogP contribution is -2.28. The molecule has 0 radical (unpaired) electrons. The molecule has 0 fully saturated rings. The van der Waals surface area contributed by atoms with Gasteiger partial charge in [-0.05, 0) is 38.0 Å². The number of carbonyl (C=O) groups excluding carboxylic acids is 1. The molecule has 0 aliphatic carbocycles. The Kier molecular flexibility index (Phi) is 3.56. The highest BCUT2D eigenvalue weighted by Crippen LogP contribution is 2.25. The second-order valence-electron chi connectivity index (χ2n) is 4.45.